The molecule has 1 heteroatoms. The standard InChI is InChI=1S/C14H22O/c1-2-3-4-5-12-6-7-14-11-15-9-8-13(14)10-12/h8-9,12H,2-7,10-11H2,1H3. The van der Waals surface area contributed by atoms with Crippen molar-refractivity contribution < 1.29 is 4.74 Å². The van der Waals surface area contributed by atoms with Crippen LogP contribution in [0.2, 0.25) is 0 Å². The van der Waals surface area contributed by atoms with Crippen LogP contribution in [0.15, 0.2) is 23.5 Å². The van der Waals surface area contributed by atoms with Crippen molar-refractivity contribution >= 4 is 0 Å². The minimum absolute atomic E-state index is 0.855. The third kappa shape index (κ3) is 2.87. The Balaban J connectivity index is 1.82. The monoisotopic (exact) mass is 206 g/mol. The van der Waals surface area contributed by atoms with Gasteiger partial charge < -0.3 is 4.74 Å². The van der Waals surface area contributed by atoms with E-state index in [0.717, 1.165) is 12.5 Å². The Morgan fingerprint density at radius 2 is 2.33 bits per heavy atom. The van der Waals surface area contributed by atoms with Crippen LogP contribution in [0, 0.1) is 5.92 Å². The predicted molar refractivity (Wildman–Crippen MR) is 63.6 cm³/mol. The lowest BCUT2D eigenvalue weighted by molar-refractivity contribution is 0.258. The number of hydrogen-bond acceptors (Lipinski definition) is 1. The van der Waals surface area contributed by atoms with Crippen molar-refractivity contribution in [2.45, 2.75) is 51.9 Å². The molecule has 2 rings (SSSR count). The van der Waals surface area contributed by atoms with Crippen molar-refractivity contribution in [1.82, 2.24) is 0 Å². The molecular formula is C14H22O. The topological polar surface area (TPSA) is 9.23 Å². The van der Waals surface area contributed by atoms with Gasteiger partial charge in [-0.15, -0.1) is 0 Å². The molecule has 0 radical (unpaired) electrons. The van der Waals surface area contributed by atoms with Gasteiger partial charge in [0.1, 0.15) is 6.61 Å². The number of unbranched alkanes of at least 4 members (excludes halogenated alkanes) is 2. The molecule has 0 amide bonds. The fourth-order valence-corrected chi connectivity index (χ4v) is 2.66. The molecule has 0 saturated heterocycles. The van der Waals surface area contributed by atoms with Gasteiger partial charge in [-0.2, -0.15) is 0 Å². The molecular weight excluding hydrogens is 184 g/mol. The van der Waals surface area contributed by atoms with Crippen molar-refractivity contribution in [3.8, 4) is 0 Å². The van der Waals surface area contributed by atoms with Crippen molar-refractivity contribution in [3.63, 3.8) is 0 Å². The molecule has 0 spiro atoms. The van der Waals surface area contributed by atoms with Gasteiger partial charge in [0.2, 0.25) is 0 Å². The first-order valence-corrected chi connectivity index (χ1v) is 6.39. The van der Waals surface area contributed by atoms with Crippen LogP contribution < -0.4 is 0 Å². The molecule has 0 saturated carbocycles. The Hall–Kier alpha value is -0.720. The molecule has 1 heterocycles. The minimum atomic E-state index is 0.855. The first kappa shape index (κ1) is 10.8. The fourth-order valence-electron chi connectivity index (χ4n) is 2.66. The van der Waals surface area contributed by atoms with Crippen LogP contribution in [0.3, 0.4) is 0 Å². The number of hydrogen-bond donors (Lipinski definition) is 0. The van der Waals surface area contributed by atoms with Crippen molar-refractivity contribution in [3.05, 3.63) is 23.5 Å². The van der Waals surface area contributed by atoms with Gasteiger partial charge in [-0.25, -0.2) is 0 Å². The Kier molecular flexibility index (Phi) is 3.87. The maximum atomic E-state index is 5.33. The van der Waals surface area contributed by atoms with Crippen LogP contribution in [0.4, 0.5) is 0 Å². The molecule has 0 aromatic carbocycles. The highest BCUT2D eigenvalue weighted by molar-refractivity contribution is 5.30. The maximum Gasteiger partial charge on any atom is 0.109 e. The summed E-state index contributed by atoms with van der Waals surface area (Å²) >= 11 is 0. The Labute approximate surface area is 93.2 Å². The first-order valence-electron chi connectivity index (χ1n) is 6.39. The number of ether oxygens (including phenoxy) is 1. The molecule has 1 unspecified atom stereocenters. The largest absolute Gasteiger partial charge is 0.497 e. The highest BCUT2D eigenvalue weighted by Gasteiger charge is 2.20. The highest BCUT2D eigenvalue weighted by Crippen LogP contribution is 2.34. The van der Waals surface area contributed by atoms with Gasteiger partial charge in [0.15, 0.2) is 0 Å². The predicted octanol–water partition coefficient (Wildman–Crippen LogP) is 4.21. The van der Waals surface area contributed by atoms with E-state index < -0.39 is 0 Å². The average molecular weight is 206 g/mol. The summed E-state index contributed by atoms with van der Waals surface area (Å²) in [5.74, 6) is 0.943. The van der Waals surface area contributed by atoms with E-state index in [0.29, 0.717) is 0 Å². The van der Waals surface area contributed by atoms with E-state index in [1.54, 1.807) is 11.1 Å². The molecule has 2 aliphatic rings. The zero-order valence-corrected chi connectivity index (χ0v) is 9.80. The normalized spacial score (nSPS) is 25.0. The first-order chi connectivity index (χ1) is 7.40. The van der Waals surface area contributed by atoms with Crippen molar-refractivity contribution in [2.75, 3.05) is 6.61 Å². The lowest BCUT2D eigenvalue weighted by Gasteiger charge is -2.27. The van der Waals surface area contributed by atoms with E-state index in [-0.39, 0.29) is 0 Å². The molecule has 0 fully saturated rings. The average Bonchev–Trinajstić information content (AvgIpc) is 2.29. The molecule has 15 heavy (non-hydrogen) atoms. The van der Waals surface area contributed by atoms with E-state index in [9.17, 15) is 0 Å². The summed E-state index contributed by atoms with van der Waals surface area (Å²) in [6, 6.07) is 0. The lowest BCUT2D eigenvalue weighted by atomic mass is 9.81. The summed E-state index contributed by atoms with van der Waals surface area (Å²) in [5, 5.41) is 0. The zero-order valence-electron chi connectivity index (χ0n) is 9.80. The molecule has 1 nitrogen and oxygen atoms in total. The maximum absolute atomic E-state index is 5.33. The van der Waals surface area contributed by atoms with E-state index >= 15 is 0 Å². The summed E-state index contributed by atoms with van der Waals surface area (Å²) in [6.07, 6.45) is 13.6. The molecule has 1 aliphatic heterocycles. The van der Waals surface area contributed by atoms with Gasteiger partial charge in [0.25, 0.3) is 0 Å². The van der Waals surface area contributed by atoms with Crippen LogP contribution in [0.5, 0.6) is 0 Å². The quantitative estimate of drug-likeness (QED) is 0.626. The molecule has 1 aliphatic carbocycles. The van der Waals surface area contributed by atoms with Gasteiger partial charge >= 0.3 is 0 Å². The molecule has 1 atom stereocenters. The Bertz CT molecular complexity index is 263. The van der Waals surface area contributed by atoms with Crippen molar-refractivity contribution in [2.24, 2.45) is 5.92 Å². The smallest absolute Gasteiger partial charge is 0.109 e. The summed E-state index contributed by atoms with van der Waals surface area (Å²) in [7, 11) is 0. The van der Waals surface area contributed by atoms with E-state index in [1.807, 2.05) is 6.26 Å². The minimum Gasteiger partial charge on any atom is -0.497 e. The van der Waals surface area contributed by atoms with Gasteiger partial charge in [-0.05, 0) is 42.4 Å². The fraction of sp³-hybridized carbons (Fsp3) is 0.714. The second kappa shape index (κ2) is 5.39. The van der Waals surface area contributed by atoms with Crippen LogP contribution in [-0.2, 0) is 4.74 Å². The van der Waals surface area contributed by atoms with Gasteiger partial charge in [-0.3, -0.25) is 0 Å². The van der Waals surface area contributed by atoms with Crippen LogP contribution in [0.25, 0.3) is 0 Å². The van der Waals surface area contributed by atoms with Gasteiger partial charge in [0, 0.05) is 0 Å². The SMILES string of the molecule is CCCCCC1CCC2=C(C=COC2)C1. The number of rotatable bonds is 4. The van der Waals surface area contributed by atoms with E-state index in [1.165, 1.54) is 44.9 Å². The molecule has 0 N–H and O–H groups in total. The second-order valence-corrected chi connectivity index (χ2v) is 4.85. The third-order valence-corrected chi connectivity index (χ3v) is 3.66. The lowest BCUT2D eigenvalue weighted by Crippen LogP contribution is -2.14. The molecule has 84 valence electrons. The van der Waals surface area contributed by atoms with E-state index in [4.69, 9.17) is 4.74 Å². The summed E-state index contributed by atoms with van der Waals surface area (Å²) in [5.41, 5.74) is 3.14. The number of allylic oxidation sites excluding steroid dienone is 2. The molecule has 0 aromatic rings. The van der Waals surface area contributed by atoms with Crippen LogP contribution >= 0.6 is 0 Å². The highest BCUT2D eigenvalue weighted by atomic mass is 16.5. The molecule has 0 bridgehead atoms. The van der Waals surface area contributed by atoms with Crippen LogP contribution in [0.1, 0.15) is 51.9 Å². The zero-order chi connectivity index (χ0) is 10.5. The Morgan fingerprint density at radius 1 is 1.40 bits per heavy atom. The summed E-state index contributed by atoms with van der Waals surface area (Å²) < 4.78 is 5.33. The van der Waals surface area contributed by atoms with Gasteiger partial charge in [0.05, 0.1) is 6.26 Å². The van der Waals surface area contributed by atoms with Gasteiger partial charge in [-0.1, -0.05) is 32.6 Å². The molecule has 0 aromatic heterocycles. The van der Waals surface area contributed by atoms with E-state index in [2.05, 4.69) is 13.0 Å². The van der Waals surface area contributed by atoms with Crippen molar-refractivity contribution in [1.29, 1.82) is 0 Å². The third-order valence-electron chi connectivity index (χ3n) is 3.66. The van der Waals surface area contributed by atoms with Crippen LogP contribution in [-0.4, -0.2) is 6.61 Å². The second-order valence-electron chi connectivity index (χ2n) is 4.85. The Morgan fingerprint density at radius 3 is 3.20 bits per heavy atom. The summed E-state index contributed by atoms with van der Waals surface area (Å²) in [6.45, 7) is 3.14. The summed E-state index contributed by atoms with van der Waals surface area (Å²) in [4.78, 5) is 0.